The molecule has 0 aliphatic rings. The molecule has 2 aromatic rings. The second-order valence-electron chi connectivity index (χ2n) is 5.11. The minimum absolute atomic E-state index is 0.0491. The van der Waals surface area contributed by atoms with Gasteiger partial charge >= 0.3 is 0 Å². The topological polar surface area (TPSA) is 57.5 Å². The van der Waals surface area contributed by atoms with E-state index in [0.29, 0.717) is 5.75 Å². The zero-order valence-electron chi connectivity index (χ0n) is 12.1. The Bertz CT molecular complexity index is 645. The number of phenols is 2. The van der Waals surface area contributed by atoms with Gasteiger partial charge in [-0.15, -0.1) is 11.8 Å². The van der Waals surface area contributed by atoms with Crippen LogP contribution in [0.1, 0.15) is 27.0 Å². The van der Waals surface area contributed by atoms with Gasteiger partial charge in [0.1, 0.15) is 11.5 Å². The van der Waals surface area contributed by atoms with Crippen molar-refractivity contribution in [3.8, 4) is 11.5 Å². The van der Waals surface area contributed by atoms with Crippen molar-refractivity contribution in [2.75, 3.05) is 5.75 Å². The molecule has 0 radical (unpaired) electrons. The first kappa shape index (κ1) is 15.4. The van der Waals surface area contributed by atoms with Crippen LogP contribution in [0.4, 0.5) is 0 Å². The maximum absolute atomic E-state index is 12.0. The van der Waals surface area contributed by atoms with Crippen LogP contribution in [0.25, 0.3) is 0 Å². The van der Waals surface area contributed by atoms with E-state index in [1.807, 2.05) is 0 Å². The van der Waals surface area contributed by atoms with Crippen molar-refractivity contribution in [1.29, 1.82) is 0 Å². The fourth-order valence-electron chi connectivity index (χ4n) is 2.25. The van der Waals surface area contributed by atoms with Gasteiger partial charge in [-0.05, 0) is 31.5 Å². The maximum atomic E-state index is 12.0. The third-order valence-electron chi connectivity index (χ3n) is 3.07. The number of carbonyl (C=O) groups excluding carboxylic acids is 1. The monoisotopic (exact) mass is 302 g/mol. The highest BCUT2D eigenvalue weighted by molar-refractivity contribution is 7.99. The summed E-state index contributed by atoms with van der Waals surface area (Å²) in [6.45, 7) is 4.11. The van der Waals surface area contributed by atoms with E-state index >= 15 is 0 Å². The maximum Gasteiger partial charge on any atom is 0.176 e. The van der Waals surface area contributed by atoms with Crippen molar-refractivity contribution in [2.45, 2.75) is 19.6 Å². The van der Waals surface area contributed by atoms with Gasteiger partial charge in [0, 0.05) is 11.8 Å². The molecular formula is C17H18O3S. The standard InChI is InChI=1S/C17H18O3S/c1-11-5-12(2)7-13(6-11)9-21-10-17(20)15-4-3-14(18)8-16(15)19/h3-8,18-19H,9-10H2,1-2H3. The molecule has 0 fully saturated rings. The van der Waals surface area contributed by atoms with Crippen LogP contribution >= 0.6 is 11.8 Å². The van der Waals surface area contributed by atoms with Crippen LogP contribution in [0.2, 0.25) is 0 Å². The minimum atomic E-state index is -0.174. The second kappa shape index (κ2) is 6.68. The molecular weight excluding hydrogens is 284 g/mol. The molecule has 0 heterocycles. The summed E-state index contributed by atoms with van der Waals surface area (Å²) in [6.07, 6.45) is 0. The van der Waals surface area contributed by atoms with Gasteiger partial charge in [-0.1, -0.05) is 29.3 Å². The molecule has 2 rings (SSSR count). The van der Waals surface area contributed by atoms with E-state index in [0.717, 1.165) is 5.75 Å². The molecule has 2 N–H and O–H groups in total. The largest absolute Gasteiger partial charge is 0.508 e. The quantitative estimate of drug-likeness (QED) is 0.824. The van der Waals surface area contributed by atoms with E-state index < -0.39 is 0 Å². The van der Waals surface area contributed by atoms with Gasteiger partial charge in [-0.3, -0.25) is 4.79 Å². The Morgan fingerprint density at radius 2 is 1.71 bits per heavy atom. The Balaban J connectivity index is 1.95. The van der Waals surface area contributed by atoms with Crippen molar-refractivity contribution < 1.29 is 15.0 Å². The summed E-state index contributed by atoms with van der Waals surface area (Å²) in [5.74, 6) is 0.694. The minimum Gasteiger partial charge on any atom is -0.508 e. The molecule has 0 aromatic heterocycles. The van der Waals surface area contributed by atoms with Crippen molar-refractivity contribution in [3.05, 3.63) is 58.7 Å². The number of Topliss-reactive ketones (excluding diaryl/α,β-unsaturated/α-hetero) is 1. The molecule has 0 amide bonds. The molecule has 0 unspecified atom stereocenters. The van der Waals surface area contributed by atoms with Crippen LogP contribution in [-0.4, -0.2) is 21.7 Å². The normalized spacial score (nSPS) is 10.6. The fraction of sp³-hybridized carbons (Fsp3) is 0.235. The first-order valence-electron chi connectivity index (χ1n) is 6.66. The molecule has 21 heavy (non-hydrogen) atoms. The predicted molar refractivity (Wildman–Crippen MR) is 86.2 cm³/mol. The van der Waals surface area contributed by atoms with Gasteiger partial charge < -0.3 is 10.2 Å². The van der Waals surface area contributed by atoms with Crippen LogP contribution in [0.15, 0.2) is 36.4 Å². The average molecular weight is 302 g/mol. The summed E-state index contributed by atoms with van der Waals surface area (Å²) in [7, 11) is 0. The van der Waals surface area contributed by atoms with Crippen LogP contribution < -0.4 is 0 Å². The first-order valence-corrected chi connectivity index (χ1v) is 7.81. The molecule has 3 nitrogen and oxygen atoms in total. The molecule has 0 bridgehead atoms. The van der Waals surface area contributed by atoms with Gasteiger partial charge in [-0.25, -0.2) is 0 Å². The second-order valence-corrected chi connectivity index (χ2v) is 6.10. The summed E-state index contributed by atoms with van der Waals surface area (Å²) in [5.41, 5.74) is 3.88. The Kier molecular flexibility index (Phi) is 4.91. The number of phenolic OH excluding ortho intramolecular Hbond substituents is 2. The van der Waals surface area contributed by atoms with Gasteiger partial charge in [0.2, 0.25) is 0 Å². The average Bonchev–Trinajstić information content (AvgIpc) is 2.37. The van der Waals surface area contributed by atoms with Crippen molar-refractivity contribution in [2.24, 2.45) is 0 Å². The first-order chi connectivity index (χ1) is 9.95. The molecule has 4 heteroatoms. The Labute approximate surface area is 128 Å². The van der Waals surface area contributed by atoms with E-state index in [1.54, 1.807) is 0 Å². The number of benzene rings is 2. The summed E-state index contributed by atoms with van der Waals surface area (Å²) in [5, 5.41) is 18.9. The van der Waals surface area contributed by atoms with E-state index in [-0.39, 0.29) is 22.8 Å². The zero-order valence-corrected chi connectivity index (χ0v) is 12.9. The third kappa shape index (κ3) is 4.26. The molecule has 110 valence electrons. The van der Waals surface area contributed by atoms with Crippen LogP contribution in [0.3, 0.4) is 0 Å². The SMILES string of the molecule is Cc1cc(C)cc(CSCC(=O)c2ccc(O)cc2O)c1. The highest BCUT2D eigenvalue weighted by Gasteiger charge is 2.11. The highest BCUT2D eigenvalue weighted by atomic mass is 32.2. The number of aromatic hydroxyl groups is 2. The lowest BCUT2D eigenvalue weighted by Crippen LogP contribution is -2.03. The molecule has 0 spiro atoms. The zero-order chi connectivity index (χ0) is 15.4. The summed E-state index contributed by atoms with van der Waals surface area (Å²) in [6, 6.07) is 10.4. The molecule has 0 saturated carbocycles. The van der Waals surface area contributed by atoms with Crippen molar-refractivity contribution in [3.63, 3.8) is 0 Å². The van der Waals surface area contributed by atoms with E-state index in [4.69, 9.17) is 0 Å². The molecule has 0 aliphatic carbocycles. The number of rotatable bonds is 5. The number of thioether (sulfide) groups is 1. The van der Waals surface area contributed by atoms with E-state index in [1.165, 1.54) is 46.7 Å². The van der Waals surface area contributed by atoms with Gasteiger partial charge in [-0.2, -0.15) is 0 Å². The Morgan fingerprint density at radius 1 is 1.05 bits per heavy atom. The van der Waals surface area contributed by atoms with Crippen molar-refractivity contribution >= 4 is 17.5 Å². The Hall–Kier alpha value is -1.94. The number of aryl methyl sites for hydroxylation is 2. The number of ketones is 1. The lowest BCUT2D eigenvalue weighted by atomic mass is 10.1. The number of carbonyl (C=O) groups is 1. The van der Waals surface area contributed by atoms with Gasteiger partial charge in [0.25, 0.3) is 0 Å². The van der Waals surface area contributed by atoms with E-state index in [2.05, 4.69) is 32.0 Å². The fourth-order valence-corrected chi connectivity index (χ4v) is 3.09. The Morgan fingerprint density at radius 3 is 2.33 bits per heavy atom. The number of hydrogen-bond donors (Lipinski definition) is 2. The van der Waals surface area contributed by atoms with Gasteiger partial charge in [0.05, 0.1) is 11.3 Å². The highest BCUT2D eigenvalue weighted by Crippen LogP contribution is 2.24. The smallest absolute Gasteiger partial charge is 0.176 e. The third-order valence-corrected chi connectivity index (χ3v) is 4.07. The van der Waals surface area contributed by atoms with Crippen LogP contribution in [0, 0.1) is 13.8 Å². The van der Waals surface area contributed by atoms with Crippen LogP contribution in [0.5, 0.6) is 11.5 Å². The summed E-state index contributed by atoms with van der Waals surface area (Å²) >= 11 is 1.52. The lowest BCUT2D eigenvalue weighted by molar-refractivity contribution is 0.102. The predicted octanol–water partition coefficient (Wildman–Crippen LogP) is 3.83. The number of hydrogen-bond acceptors (Lipinski definition) is 4. The van der Waals surface area contributed by atoms with E-state index in [9.17, 15) is 15.0 Å². The summed E-state index contributed by atoms with van der Waals surface area (Å²) < 4.78 is 0. The molecule has 0 saturated heterocycles. The van der Waals surface area contributed by atoms with Crippen molar-refractivity contribution in [1.82, 2.24) is 0 Å². The lowest BCUT2D eigenvalue weighted by Gasteiger charge is -2.06. The van der Waals surface area contributed by atoms with Crippen LogP contribution in [-0.2, 0) is 5.75 Å². The molecule has 2 aromatic carbocycles. The molecule has 0 aliphatic heterocycles. The summed E-state index contributed by atoms with van der Waals surface area (Å²) in [4.78, 5) is 12.0. The van der Waals surface area contributed by atoms with Gasteiger partial charge in [0.15, 0.2) is 5.78 Å². The molecule has 0 atom stereocenters.